The lowest BCUT2D eigenvalue weighted by Crippen LogP contribution is -2.32. The van der Waals surface area contributed by atoms with Gasteiger partial charge in [-0.15, -0.1) is 0 Å². The smallest absolute Gasteiger partial charge is 0.323 e. The Bertz CT molecular complexity index is 565. The molecule has 0 fully saturated rings. The number of non-ortho nitro benzene ring substituents is 1. The number of hydrogen-bond acceptors (Lipinski definition) is 5. The zero-order chi connectivity index (χ0) is 13.9. The topological polar surface area (TPSA) is 127 Å². The summed E-state index contributed by atoms with van der Waals surface area (Å²) < 4.78 is 25.1. The molecule has 0 aromatic heterocycles. The highest BCUT2D eigenvalue weighted by molar-refractivity contribution is 7.94. The number of aliphatic carboxylic acids is 1. The third-order valence-corrected chi connectivity index (χ3v) is 3.80. The fraction of sp³-hybridized carbons (Fsp3) is 0.222. The summed E-state index contributed by atoms with van der Waals surface area (Å²) in [5, 5.41) is 17.4. The number of carboxylic acids is 1. The predicted octanol–water partition coefficient (Wildman–Crippen LogP) is 0.810. The highest BCUT2D eigenvalue weighted by atomic mass is 32.2. The van der Waals surface area contributed by atoms with Gasteiger partial charge in [0, 0.05) is 17.8 Å². The van der Waals surface area contributed by atoms with E-state index in [1.807, 2.05) is 4.72 Å². The third kappa shape index (κ3) is 3.17. The van der Waals surface area contributed by atoms with Crippen molar-refractivity contribution in [1.82, 2.24) is 0 Å². The molecule has 1 aromatic rings. The number of nitro benzene ring substituents is 1. The second-order valence-electron chi connectivity index (χ2n) is 3.43. The van der Waals surface area contributed by atoms with Gasteiger partial charge in [0.1, 0.15) is 0 Å². The molecular weight excluding hydrogens is 264 g/mol. The van der Waals surface area contributed by atoms with Crippen molar-refractivity contribution in [1.29, 1.82) is 0 Å². The van der Waals surface area contributed by atoms with E-state index < -0.39 is 26.2 Å². The normalized spacial score (nSPS) is 12.7. The van der Waals surface area contributed by atoms with Gasteiger partial charge >= 0.3 is 5.97 Å². The molecule has 0 bridgehead atoms. The van der Waals surface area contributed by atoms with E-state index in [2.05, 4.69) is 0 Å². The Labute approximate surface area is 102 Å². The summed E-state index contributed by atoms with van der Waals surface area (Å²) >= 11 is 0. The lowest BCUT2D eigenvalue weighted by molar-refractivity contribution is -0.384. The maximum atomic E-state index is 11.5. The summed E-state index contributed by atoms with van der Waals surface area (Å²) in [5.74, 6) is -1.48. The second kappa shape index (κ2) is 5.00. The average molecular weight is 274 g/mol. The number of carboxylic acid groups (broad SMARTS) is 1. The van der Waals surface area contributed by atoms with E-state index in [0.717, 1.165) is 19.1 Å². The van der Waals surface area contributed by atoms with Crippen LogP contribution in [-0.2, 0) is 14.8 Å². The zero-order valence-corrected chi connectivity index (χ0v) is 10.0. The quantitative estimate of drug-likeness (QED) is 0.604. The number of hydrogen-bond donors (Lipinski definition) is 2. The molecule has 2 N–H and O–H groups in total. The van der Waals surface area contributed by atoms with E-state index in [0.29, 0.717) is 0 Å². The Morgan fingerprint density at radius 1 is 1.39 bits per heavy atom. The highest BCUT2D eigenvalue weighted by Gasteiger charge is 2.27. The fourth-order valence-electron chi connectivity index (χ4n) is 1.04. The molecule has 18 heavy (non-hydrogen) atoms. The molecule has 0 aliphatic carbocycles. The number of nitrogens with zero attached hydrogens (tertiary/aromatic N) is 1. The highest BCUT2D eigenvalue weighted by Crippen LogP contribution is 2.17. The third-order valence-electron chi connectivity index (χ3n) is 2.15. The molecule has 1 rings (SSSR count). The fourth-order valence-corrected chi connectivity index (χ4v) is 1.94. The molecule has 0 aliphatic heterocycles. The van der Waals surface area contributed by atoms with E-state index in [4.69, 9.17) is 5.11 Å². The summed E-state index contributed by atoms with van der Waals surface area (Å²) in [6.07, 6.45) is 0. The molecule has 1 atom stereocenters. The van der Waals surface area contributed by atoms with E-state index >= 15 is 0 Å². The Balaban J connectivity index is 2.92. The van der Waals surface area contributed by atoms with Crippen molar-refractivity contribution in [2.45, 2.75) is 12.2 Å². The number of benzene rings is 1. The average Bonchev–Trinajstić information content (AvgIpc) is 2.28. The molecular formula is C9H10N2O6S. The van der Waals surface area contributed by atoms with Crippen molar-refractivity contribution in [3.05, 3.63) is 34.4 Å². The standard InChI is InChI=1S/C9H10N2O6S/c1-6(9(12)13)18(16,17)10-7-2-4-8(5-3-7)11(14)15/h2-6,10H,1H3,(H,12,13). The van der Waals surface area contributed by atoms with Gasteiger partial charge in [0.05, 0.1) is 4.92 Å². The SMILES string of the molecule is CC(C(=O)O)S(=O)(=O)Nc1ccc([N+](=O)[O-])cc1. The van der Waals surface area contributed by atoms with Gasteiger partial charge in [-0.25, -0.2) is 8.42 Å². The largest absolute Gasteiger partial charge is 0.480 e. The molecule has 8 nitrogen and oxygen atoms in total. The lowest BCUT2D eigenvalue weighted by Gasteiger charge is -2.10. The van der Waals surface area contributed by atoms with E-state index in [1.165, 1.54) is 12.1 Å². The molecule has 0 aliphatic rings. The molecule has 1 unspecified atom stereocenters. The number of anilines is 1. The zero-order valence-electron chi connectivity index (χ0n) is 9.23. The minimum absolute atomic E-state index is 0.0636. The maximum Gasteiger partial charge on any atom is 0.323 e. The summed E-state index contributed by atoms with van der Waals surface area (Å²) in [6.45, 7) is 1.02. The summed E-state index contributed by atoms with van der Waals surface area (Å²) in [5.41, 5.74) is -0.127. The summed E-state index contributed by atoms with van der Waals surface area (Å²) in [6, 6.07) is 4.60. The first kappa shape index (κ1) is 13.9. The van der Waals surface area contributed by atoms with Gasteiger partial charge in [0.15, 0.2) is 5.25 Å². The van der Waals surface area contributed by atoms with Crippen molar-refractivity contribution < 1.29 is 23.2 Å². The Morgan fingerprint density at radius 3 is 2.28 bits per heavy atom. The van der Waals surface area contributed by atoms with Gasteiger partial charge in [0.25, 0.3) is 5.69 Å². The van der Waals surface area contributed by atoms with Crippen molar-refractivity contribution in [3.63, 3.8) is 0 Å². The van der Waals surface area contributed by atoms with Crippen LogP contribution in [0.5, 0.6) is 0 Å². The molecule has 0 heterocycles. The number of nitro groups is 1. The van der Waals surface area contributed by atoms with Gasteiger partial charge in [-0.1, -0.05) is 0 Å². The van der Waals surface area contributed by atoms with Crippen molar-refractivity contribution in [2.75, 3.05) is 4.72 Å². The number of nitrogens with one attached hydrogen (secondary N) is 1. The van der Waals surface area contributed by atoms with Gasteiger partial charge in [0.2, 0.25) is 10.0 Å². The van der Waals surface area contributed by atoms with Gasteiger partial charge < -0.3 is 5.11 Å². The van der Waals surface area contributed by atoms with E-state index in [1.54, 1.807) is 0 Å². The summed E-state index contributed by atoms with van der Waals surface area (Å²) in [4.78, 5) is 20.3. The van der Waals surface area contributed by atoms with Crippen LogP contribution in [0.25, 0.3) is 0 Å². The van der Waals surface area contributed by atoms with Crippen LogP contribution >= 0.6 is 0 Å². The van der Waals surface area contributed by atoms with Crippen molar-refractivity contribution in [2.24, 2.45) is 0 Å². The minimum atomic E-state index is -4.07. The van der Waals surface area contributed by atoms with Gasteiger partial charge in [-0.2, -0.15) is 0 Å². The molecule has 1 aromatic carbocycles. The number of rotatable bonds is 5. The Kier molecular flexibility index (Phi) is 3.86. The summed E-state index contributed by atoms with van der Waals surface area (Å²) in [7, 11) is -4.07. The molecule has 0 radical (unpaired) electrons. The van der Waals surface area contributed by atoms with Crippen molar-refractivity contribution >= 4 is 27.4 Å². The van der Waals surface area contributed by atoms with Crippen LogP contribution in [0.1, 0.15) is 6.92 Å². The van der Waals surface area contributed by atoms with Crippen molar-refractivity contribution in [3.8, 4) is 0 Å². The van der Waals surface area contributed by atoms with Crippen LogP contribution in [0, 0.1) is 10.1 Å². The number of carbonyl (C=O) groups is 1. The Hall–Kier alpha value is -2.16. The minimum Gasteiger partial charge on any atom is -0.480 e. The van der Waals surface area contributed by atoms with E-state index in [-0.39, 0.29) is 11.4 Å². The van der Waals surface area contributed by atoms with Crippen LogP contribution in [0.4, 0.5) is 11.4 Å². The molecule has 98 valence electrons. The van der Waals surface area contributed by atoms with Crippen LogP contribution in [0.2, 0.25) is 0 Å². The Morgan fingerprint density at radius 2 is 1.89 bits per heavy atom. The van der Waals surface area contributed by atoms with Crippen LogP contribution in [-0.4, -0.2) is 29.7 Å². The van der Waals surface area contributed by atoms with E-state index in [9.17, 15) is 23.3 Å². The molecule has 0 saturated heterocycles. The molecule has 0 saturated carbocycles. The van der Waals surface area contributed by atoms with Crippen LogP contribution in [0.15, 0.2) is 24.3 Å². The molecule has 9 heteroatoms. The maximum absolute atomic E-state index is 11.5. The van der Waals surface area contributed by atoms with Crippen LogP contribution in [0.3, 0.4) is 0 Å². The van der Waals surface area contributed by atoms with Gasteiger partial charge in [-0.3, -0.25) is 19.6 Å². The first-order chi connectivity index (χ1) is 8.24. The van der Waals surface area contributed by atoms with Gasteiger partial charge in [-0.05, 0) is 19.1 Å². The molecule has 0 spiro atoms. The van der Waals surface area contributed by atoms with Crippen LogP contribution < -0.4 is 4.72 Å². The first-order valence-electron chi connectivity index (χ1n) is 4.73. The first-order valence-corrected chi connectivity index (χ1v) is 6.27. The second-order valence-corrected chi connectivity index (χ2v) is 5.43. The lowest BCUT2D eigenvalue weighted by atomic mass is 10.3. The molecule has 0 amide bonds. The predicted molar refractivity (Wildman–Crippen MR) is 62.7 cm³/mol. The monoisotopic (exact) mass is 274 g/mol. The number of sulfonamides is 1.